The molecule has 3 aromatic rings. The van der Waals surface area contributed by atoms with Crippen molar-refractivity contribution in [1.29, 1.82) is 5.41 Å². The zero-order chi connectivity index (χ0) is 23.3. The van der Waals surface area contributed by atoms with Gasteiger partial charge in [0.15, 0.2) is 0 Å². The summed E-state index contributed by atoms with van der Waals surface area (Å²) in [7, 11) is 0. The van der Waals surface area contributed by atoms with Crippen LogP contribution < -0.4 is 5.73 Å². The third-order valence-electron chi connectivity index (χ3n) is 8.17. The first-order valence-electron chi connectivity index (χ1n) is 12.4. The molecule has 2 aliphatic rings. The van der Waals surface area contributed by atoms with Crippen molar-refractivity contribution < 1.29 is 0 Å². The molecule has 3 N–H and O–H groups in total. The van der Waals surface area contributed by atoms with Crippen LogP contribution in [0.4, 0.5) is 0 Å². The highest BCUT2D eigenvalue weighted by Crippen LogP contribution is 2.56. The summed E-state index contributed by atoms with van der Waals surface area (Å²) in [6, 6.07) is 20.1. The largest absolute Gasteiger partial charge is 0.384 e. The third-order valence-corrected chi connectivity index (χ3v) is 8.17. The molecular formula is C30H35N3. The number of fused-ring (bicyclic) bond motifs is 2. The number of nitrogen functional groups attached to an aromatic ring is 1. The van der Waals surface area contributed by atoms with Crippen LogP contribution in [0.3, 0.4) is 0 Å². The summed E-state index contributed by atoms with van der Waals surface area (Å²) < 4.78 is 0. The van der Waals surface area contributed by atoms with E-state index in [0.717, 1.165) is 30.3 Å². The van der Waals surface area contributed by atoms with E-state index in [-0.39, 0.29) is 11.3 Å². The minimum Gasteiger partial charge on any atom is -0.384 e. The fraction of sp³-hybridized carbons (Fsp3) is 0.400. The number of hydrogen-bond acceptors (Lipinski definition) is 2. The zero-order valence-electron chi connectivity index (χ0n) is 20.3. The lowest BCUT2D eigenvalue weighted by Gasteiger charge is -2.37. The van der Waals surface area contributed by atoms with Crippen LogP contribution in [0, 0.1) is 11.3 Å². The van der Waals surface area contributed by atoms with Gasteiger partial charge in [0.2, 0.25) is 0 Å². The Hall–Kier alpha value is -2.94. The number of nitrogens with two attached hydrogens (primary N) is 1. The molecule has 1 fully saturated rings. The van der Waals surface area contributed by atoms with Crippen LogP contribution in [0.1, 0.15) is 86.6 Å². The monoisotopic (exact) mass is 437 g/mol. The van der Waals surface area contributed by atoms with Gasteiger partial charge in [-0.25, -0.2) is 0 Å². The fourth-order valence-electron chi connectivity index (χ4n) is 5.80. The van der Waals surface area contributed by atoms with Crippen LogP contribution in [0.5, 0.6) is 0 Å². The quantitative estimate of drug-likeness (QED) is 0.319. The van der Waals surface area contributed by atoms with E-state index >= 15 is 0 Å². The molecule has 0 aromatic heterocycles. The van der Waals surface area contributed by atoms with Crippen molar-refractivity contribution in [1.82, 2.24) is 0 Å². The van der Waals surface area contributed by atoms with Gasteiger partial charge in [-0.05, 0) is 76.1 Å². The Morgan fingerprint density at radius 3 is 2.27 bits per heavy atom. The Morgan fingerprint density at radius 2 is 1.61 bits per heavy atom. The topological polar surface area (TPSA) is 62.2 Å². The number of benzene rings is 3. The molecule has 3 nitrogen and oxygen atoms in total. The summed E-state index contributed by atoms with van der Waals surface area (Å²) in [4.78, 5) is 5.06. The van der Waals surface area contributed by atoms with Crippen LogP contribution in [0.25, 0.3) is 10.8 Å². The maximum atomic E-state index is 7.68. The molecule has 0 spiro atoms. The lowest BCUT2D eigenvalue weighted by atomic mass is 9.70. The maximum Gasteiger partial charge on any atom is 0.122 e. The molecular weight excluding hydrogens is 402 g/mol. The maximum absolute atomic E-state index is 7.68. The van der Waals surface area contributed by atoms with Gasteiger partial charge in [0.05, 0.1) is 0 Å². The van der Waals surface area contributed by atoms with Gasteiger partial charge in [-0.2, -0.15) is 0 Å². The van der Waals surface area contributed by atoms with Crippen molar-refractivity contribution in [2.75, 3.05) is 6.54 Å². The van der Waals surface area contributed by atoms with Gasteiger partial charge in [0, 0.05) is 23.2 Å². The van der Waals surface area contributed by atoms with Crippen molar-refractivity contribution in [3.8, 4) is 0 Å². The van der Waals surface area contributed by atoms with E-state index in [1.807, 2.05) is 12.1 Å². The summed E-state index contributed by atoms with van der Waals surface area (Å²) in [6.07, 6.45) is 3.48. The molecule has 1 saturated carbocycles. The van der Waals surface area contributed by atoms with Crippen LogP contribution in [-0.2, 0) is 5.41 Å². The van der Waals surface area contributed by atoms with Gasteiger partial charge in [0.1, 0.15) is 5.84 Å². The number of nitrogens with zero attached hydrogens (tertiary/aromatic N) is 1. The Balaban J connectivity index is 1.47. The predicted molar refractivity (Wildman–Crippen MR) is 140 cm³/mol. The van der Waals surface area contributed by atoms with E-state index in [2.05, 4.69) is 70.2 Å². The highest BCUT2D eigenvalue weighted by Gasteiger charge is 2.42. The standard InChI is InChI=1S/C30H35N3/c1-5-30(6-2)17-33-28(18(3)4)24-12-11-22(15-27(24)30)26-16-25(26)21-9-7-20-14-23(29(31)32)10-8-19(20)13-21/h7-15,18,25-26H,5-6,16-17H2,1-4H3,(H3,31,32). The third kappa shape index (κ3) is 3.68. The van der Waals surface area contributed by atoms with E-state index in [1.54, 1.807) is 0 Å². The first-order chi connectivity index (χ1) is 15.9. The van der Waals surface area contributed by atoms with E-state index in [4.69, 9.17) is 16.1 Å². The van der Waals surface area contributed by atoms with Gasteiger partial charge in [-0.1, -0.05) is 76.2 Å². The molecule has 5 rings (SSSR count). The Labute approximate surface area is 197 Å². The average Bonchev–Trinajstić information content (AvgIpc) is 3.63. The van der Waals surface area contributed by atoms with Gasteiger partial charge in [0.25, 0.3) is 0 Å². The van der Waals surface area contributed by atoms with Crippen LogP contribution in [-0.4, -0.2) is 18.1 Å². The summed E-state index contributed by atoms with van der Waals surface area (Å²) in [5, 5.41) is 10.1. The number of rotatable bonds is 6. The van der Waals surface area contributed by atoms with Gasteiger partial charge in [-0.3, -0.25) is 10.4 Å². The number of hydrogen-bond donors (Lipinski definition) is 2. The Kier molecular flexibility index (Phi) is 5.39. The molecule has 0 radical (unpaired) electrons. The van der Waals surface area contributed by atoms with Crippen LogP contribution in [0.15, 0.2) is 59.6 Å². The van der Waals surface area contributed by atoms with Crippen LogP contribution in [0.2, 0.25) is 0 Å². The fourth-order valence-corrected chi connectivity index (χ4v) is 5.80. The minimum atomic E-state index is 0.122. The first-order valence-corrected chi connectivity index (χ1v) is 12.4. The predicted octanol–water partition coefficient (Wildman–Crippen LogP) is 6.91. The second-order valence-corrected chi connectivity index (χ2v) is 10.3. The molecule has 3 aromatic carbocycles. The van der Waals surface area contributed by atoms with E-state index < -0.39 is 0 Å². The molecule has 1 aliphatic heterocycles. The summed E-state index contributed by atoms with van der Waals surface area (Å²) in [5.74, 6) is 1.75. The summed E-state index contributed by atoms with van der Waals surface area (Å²) >= 11 is 0. The average molecular weight is 438 g/mol. The van der Waals surface area contributed by atoms with Crippen LogP contribution >= 0.6 is 0 Å². The lowest BCUT2D eigenvalue weighted by Crippen LogP contribution is -2.35. The molecule has 1 heterocycles. The zero-order valence-corrected chi connectivity index (χ0v) is 20.3. The number of nitrogens with one attached hydrogen (secondary N) is 1. The molecule has 33 heavy (non-hydrogen) atoms. The second kappa shape index (κ2) is 8.13. The molecule has 2 unspecified atom stereocenters. The van der Waals surface area contributed by atoms with Crippen molar-refractivity contribution >= 4 is 22.3 Å². The molecule has 170 valence electrons. The minimum absolute atomic E-state index is 0.122. The molecule has 0 saturated heterocycles. The molecule has 0 bridgehead atoms. The van der Waals surface area contributed by atoms with Crippen molar-refractivity contribution in [2.45, 2.75) is 64.2 Å². The summed E-state index contributed by atoms with van der Waals surface area (Å²) in [6.45, 7) is 10.1. The van der Waals surface area contributed by atoms with Gasteiger partial charge >= 0.3 is 0 Å². The molecule has 2 atom stereocenters. The summed E-state index contributed by atoms with van der Waals surface area (Å²) in [5.41, 5.74) is 13.7. The molecule has 1 aliphatic carbocycles. The van der Waals surface area contributed by atoms with Gasteiger partial charge < -0.3 is 5.73 Å². The highest BCUT2D eigenvalue weighted by molar-refractivity contribution is 6.04. The smallest absolute Gasteiger partial charge is 0.122 e. The second-order valence-electron chi connectivity index (χ2n) is 10.3. The van der Waals surface area contributed by atoms with Crippen molar-refractivity contribution in [3.05, 3.63) is 82.4 Å². The Bertz CT molecular complexity index is 1260. The normalized spacial score (nSPS) is 21.1. The molecule has 3 heteroatoms. The Morgan fingerprint density at radius 1 is 0.970 bits per heavy atom. The van der Waals surface area contributed by atoms with Crippen molar-refractivity contribution in [2.24, 2.45) is 16.6 Å². The lowest BCUT2D eigenvalue weighted by molar-refractivity contribution is 0.401. The number of amidine groups is 1. The van der Waals surface area contributed by atoms with E-state index in [0.29, 0.717) is 17.8 Å². The SMILES string of the molecule is CCC1(CC)CN=C(C(C)C)c2ccc(C3CC3c3ccc4cc(C(=N)N)ccc4c3)cc21. The van der Waals surface area contributed by atoms with Crippen molar-refractivity contribution in [3.63, 3.8) is 0 Å². The number of aliphatic imine (C=N–C) groups is 1. The first kappa shape index (κ1) is 21.9. The highest BCUT2D eigenvalue weighted by atomic mass is 14.8. The van der Waals surface area contributed by atoms with Gasteiger partial charge in [-0.15, -0.1) is 0 Å². The van der Waals surface area contributed by atoms with E-state index in [9.17, 15) is 0 Å². The van der Waals surface area contributed by atoms with E-state index in [1.165, 1.54) is 39.8 Å². The molecule has 0 amide bonds.